The molecular formula is C40H47N3O5S. The van der Waals surface area contributed by atoms with Gasteiger partial charge in [-0.05, 0) is 59.2 Å². The second-order valence-electron chi connectivity index (χ2n) is 12.7. The Hall–Kier alpha value is -4.47. The fourth-order valence-corrected chi connectivity index (χ4v) is 6.70. The van der Waals surface area contributed by atoms with Crippen LogP contribution in [0.3, 0.4) is 0 Å². The number of hydrogen-bond donors (Lipinski definition) is 1. The normalized spacial score (nSPS) is 12.5. The summed E-state index contributed by atoms with van der Waals surface area (Å²) in [6, 6.07) is 29.5. The molecule has 0 heterocycles. The first kappa shape index (κ1) is 37.4. The van der Waals surface area contributed by atoms with E-state index in [1.165, 1.54) is 14.0 Å². The van der Waals surface area contributed by atoms with Gasteiger partial charge in [0.25, 0.3) is 0 Å². The van der Waals surface area contributed by atoms with Gasteiger partial charge in [-0.15, -0.1) is 0 Å². The van der Waals surface area contributed by atoms with E-state index in [1.54, 1.807) is 47.0 Å². The number of fused-ring (bicyclic) bond motifs is 1. The number of thioether (sulfide) groups is 1. The summed E-state index contributed by atoms with van der Waals surface area (Å²) in [5.74, 6) is -0.146. The van der Waals surface area contributed by atoms with E-state index >= 15 is 0 Å². The molecule has 2 amide bonds. The summed E-state index contributed by atoms with van der Waals surface area (Å²) in [5.41, 5.74) is 2.73. The predicted molar refractivity (Wildman–Crippen MR) is 199 cm³/mol. The van der Waals surface area contributed by atoms with Gasteiger partial charge < -0.3 is 15.0 Å². The molecule has 0 aliphatic rings. The highest BCUT2D eigenvalue weighted by Crippen LogP contribution is 2.26. The number of ketones is 1. The molecule has 2 atom stereocenters. The number of amides is 2. The van der Waals surface area contributed by atoms with Gasteiger partial charge in [0, 0.05) is 42.9 Å². The molecule has 4 aromatic rings. The third kappa shape index (κ3) is 10.5. The van der Waals surface area contributed by atoms with Gasteiger partial charge in [-0.25, -0.2) is 4.79 Å². The van der Waals surface area contributed by atoms with Crippen LogP contribution in [-0.4, -0.2) is 72.8 Å². The average Bonchev–Trinajstić information content (AvgIpc) is 3.09. The number of methoxy groups -OCH3 is 1. The van der Waals surface area contributed by atoms with Gasteiger partial charge in [-0.2, -0.15) is 11.8 Å². The number of carbonyl (C=O) groups is 4. The minimum Gasteiger partial charge on any atom is -0.467 e. The molecule has 1 N–H and O–H groups in total. The molecule has 0 aliphatic heterocycles. The zero-order chi connectivity index (χ0) is 35.3. The van der Waals surface area contributed by atoms with Crippen molar-refractivity contribution in [3.63, 3.8) is 0 Å². The molecule has 0 radical (unpaired) electrons. The Morgan fingerprint density at radius 3 is 2.22 bits per heavy atom. The summed E-state index contributed by atoms with van der Waals surface area (Å²) in [4.78, 5) is 56.9. The second kappa shape index (κ2) is 18.3. The molecule has 0 fully saturated rings. The third-order valence-electron chi connectivity index (χ3n) is 8.41. The van der Waals surface area contributed by atoms with Crippen LogP contribution in [0.2, 0.25) is 0 Å². The van der Waals surface area contributed by atoms with Crippen molar-refractivity contribution in [3.8, 4) is 0 Å². The molecule has 0 spiro atoms. The zero-order valence-corrected chi connectivity index (χ0v) is 29.9. The van der Waals surface area contributed by atoms with Crippen molar-refractivity contribution in [2.75, 3.05) is 37.1 Å². The summed E-state index contributed by atoms with van der Waals surface area (Å²) >= 11 is 1.59. The first-order valence-corrected chi connectivity index (χ1v) is 18.0. The molecule has 0 aromatic heterocycles. The van der Waals surface area contributed by atoms with Crippen molar-refractivity contribution in [1.82, 2.24) is 10.2 Å². The lowest BCUT2D eigenvalue weighted by molar-refractivity contribution is -0.145. The quantitative estimate of drug-likeness (QED) is 0.0973. The van der Waals surface area contributed by atoms with E-state index in [4.69, 9.17) is 4.74 Å². The Morgan fingerprint density at radius 2 is 1.53 bits per heavy atom. The summed E-state index contributed by atoms with van der Waals surface area (Å²) in [7, 11) is 1.32. The highest BCUT2D eigenvalue weighted by atomic mass is 32.2. The molecule has 4 rings (SSSR count). The largest absolute Gasteiger partial charge is 0.467 e. The maximum atomic E-state index is 13.6. The van der Waals surface area contributed by atoms with Gasteiger partial charge >= 0.3 is 5.97 Å². The molecule has 258 valence electrons. The van der Waals surface area contributed by atoms with E-state index in [2.05, 4.69) is 43.4 Å². The van der Waals surface area contributed by atoms with Crippen molar-refractivity contribution in [2.45, 2.75) is 52.2 Å². The smallest absolute Gasteiger partial charge is 0.328 e. The van der Waals surface area contributed by atoms with Crippen LogP contribution in [0.1, 0.15) is 55.1 Å². The van der Waals surface area contributed by atoms with Crippen molar-refractivity contribution in [2.24, 2.45) is 5.92 Å². The summed E-state index contributed by atoms with van der Waals surface area (Å²) < 4.78 is 4.98. The van der Waals surface area contributed by atoms with Crippen LogP contribution in [0.4, 0.5) is 5.69 Å². The maximum Gasteiger partial charge on any atom is 0.328 e. The number of carbonyl (C=O) groups excluding carboxylic acids is 4. The van der Waals surface area contributed by atoms with Gasteiger partial charge in [0.2, 0.25) is 11.8 Å². The minimum atomic E-state index is -0.755. The fraction of sp³-hybridized carbons (Fsp3) is 0.350. The number of rotatable bonds is 17. The van der Waals surface area contributed by atoms with E-state index in [0.29, 0.717) is 48.5 Å². The first-order valence-electron chi connectivity index (χ1n) is 16.7. The lowest BCUT2D eigenvalue weighted by Gasteiger charge is -2.36. The van der Waals surface area contributed by atoms with Crippen molar-refractivity contribution < 1.29 is 23.9 Å². The van der Waals surface area contributed by atoms with Crippen LogP contribution in [0.25, 0.3) is 10.8 Å². The lowest BCUT2D eigenvalue weighted by atomic mass is 9.98. The minimum absolute atomic E-state index is 0.00283. The van der Waals surface area contributed by atoms with Gasteiger partial charge in [-0.3, -0.25) is 19.3 Å². The van der Waals surface area contributed by atoms with Crippen molar-refractivity contribution in [3.05, 3.63) is 114 Å². The second-order valence-corrected chi connectivity index (χ2v) is 13.6. The molecule has 49 heavy (non-hydrogen) atoms. The molecule has 4 aromatic carbocycles. The van der Waals surface area contributed by atoms with Crippen LogP contribution >= 0.6 is 11.8 Å². The van der Waals surface area contributed by atoms with Crippen LogP contribution < -0.4 is 10.2 Å². The number of ether oxygens (including phenoxy) is 1. The molecule has 9 heteroatoms. The Bertz CT molecular complexity index is 1720. The third-order valence-corrected chi connectivity index (χ3v) is 9.06. The predicted octanol–water partition coefficient (Wildman–Crippen LogP) is 6.75. The zero-order valence-electron chi connectivity index (χ0n) is 29.1. The molecule has 0 aliphatic carbocycles. The molecule has 0 bridgehead atoms. The number of benzene rings is 4. The lowest BCUT2D eigenvalue weighted by Crippen LogP contribution is -2.51. The Morgan fingerprint density at radius 1 is 0.857 bits per heavy atom. The molecule has 0 saturated carbocycles. The number of esters is 1. The van der Waals surface area contributed by atoms with Crippen LogP contribution in [0, 0.1) is 5.92 Å². The standard InChI is InChI=1S/C40H47N3O5S/c1-28(2)23-35(43(29(3)44)34-19-12-17-32(24-34)39(46)31-14-7-6-8-15-31)26-42(25-33-18-11-16-30-13-9-10-20-36(30)33)27-38(45)41-37(21-22-49-5)40(47)48-4/h6-20,24,28,35,37H,21-23,25-27H2,1-5H3,(H,41,45). The summed E-state index contributed by atoms with van der Waals surface area (Å²) in [5, 5.41) is 5.08. The molecule has 2 unspecified atom stereocenters. The number of nitrogens with zero attached hydrogens (tertiary/aromatic N) is 2. The number of hydrogen-bond acceptors (Lipinski definition) is 7. The Balaban J connectivity index is 1.70. The molecule has 0 saturated heterocycles. The van der Waals surface area contributed by atoms with E-state index in [9.17, 15) is 19.2 Å². The topological polar surface area (TPSA) is 96.0 Å². The average molecular weight is 682 g/mol. The highest BCUT2D eigenvalue weighted by molar-refractivity contribution is 7.98. The van der Waals surface area contributed by atoms with Crippen LogP contribution in [0.15, 0.2) is 97.1 Å². The van der Waals surface area contributed by atoms with Crippen LogP contribution in [0.5, 0.6) is 0 Å². The van der Waals surface area contributed by atoms with Crippen molar-refractivity contribution in [1.29, 1.82) is 0 Å². The first-order chi connectivity index (χ1) is 23.6. The van der Waals surface area contributed by atoms with Gasteiger partial charge in [-0.1, -0.05) is 98.8 Å². The molecular weight excluding hydrogens is 635 g/mol. The summed E-state index contributed by atoms with van der Waals surface area (Å²) in [6.45, 7) is 6.56. The van der Waals surface area contributed by atoms with E-state index in [0.717, 1.165) is 16.3 Å². The van der Waals surface area contributed by atoms with E-state index in [-0.39, 0.29) is 36.1 Å². The number of anilines is 1. The Kier molecular flexibility index (Phi) is 14.0. The maximum absolute atomic E-state index is 13.6. The van der Waals surface area contributed by atoms with Gasteiger partial charge in [0.15, 0.2) is 5.78 Å². The van der Waals surface area contributed by atoms with E-state index < -0.39 is 12.0 Å². The van der Waals surface area contributed by atoms with Gasteiger partial charge in [0.1, 0.15) is 6.04 Å². The Labute approximate surface area is 294 Å². The van der Waals surface area contributed by atoms with Crippen molar-refractivity contribution >= 4 is 51.8 Å². The monoisotopic (exact) mass is 681 g/mol. The van der Waals surface area contributed by atoms with E-state index in [1.807, 2.05) is 53.6 Å². The number of nitrogens with one attached hydrogen (secondary N) is 1. The SMILES string of the molecule is COC(=O)C(CCSC)NC(=O)CN(Cc1cccc2ccccc12)CC(CC(C)C)N(C(C)=O)c1cccc(C(=O)c2ccccc2)c1. The summed E-state index contributed by atoms with van der Waals surface area (Å²) in [6.07, 6.45) is 3.06. The fourth-order valence-electron chi connectivity index (χ4n) is 6.23. The molecule has 8 nitrogen and oxygen atoms in total. The highest BCUT2D eigenvalue weighted by Gasteiger charge is 2.29. The van der Waals surface area contributed by atoms with Crippen LogP contribution in [-0.2, 0) is 25.7 Å². The van der Waals surface area contributed by atoms with Gasteiger partial charge in [0.05, 0.1) is 13.7 Å².